The highest BCUT2D eigenvalue weighted by molar-refractivity contribution is 5.88. The van der Waals surface area contributed by atoms with Gasteiger partial charge in [0.1, 0.15) is 0 Å². The molecule has 94 valence electrons. The molecule has 0 bridgehead atoms. The molecule has 0 unspecified atom stereocenters. The van der Waals surface area contributed by atoms with Gasteiger partial charge in [-0.15, -0.1) is 0 Å². The van der Waals surface area contributed by atoms with Crippen LogP contribution in [0.25, 0.3) is 0 Å². The van der Waals surface area contributed by atoms with Crippen LogP contribution in [0.4, 0.5) is 0 Å². The van der Waals surface area contributed by atoms with Crippen molar-refractivity contribution in [2.75, 3.05) is 0 Å². The average Bonchev–Trinajstić information content (AvgIpc) is 2.30. The van der Waals surface area contributed by atoms with Crippen LogP contribution in [-0.4, -0.2) is 16.1 Å². The van der Waals surface area contributed by atoms with Crippen LogP contribution in [0.15, 0.2) is 12.1 Å². The maximum absolute atomic E-state index is 11.0. The van der Waals surface area contributed by atoms with Crippen molar-refractivity contribution >= 4 is 5.97 Å². The quantitative estimate of drug-likeness (QED) is 0.736. The Morgan fingerprint density at radius 3 is 2.53 bits per heavy atom. The molecular formula is C14H21NO2. The van der Waals surface area contributed by atoms with Crippen LogP contribution in [0.5, 0.6) is 0 Å². The third-order valence-corrected chi connectivity index (χ3v) is 2.79. The Labute approximate surface area is 103 Å². The fourth-order valence-corrected chi connectivity index (χ4v) is 1.86. The van der Waals surface area contributed by atoms with Crippen molar-refractivity contribution in [3.8, 4) is 0 Å². The smallest absolute Gasteiger partial charge is 0.337 e. The summed E-state index contributed by atoms with van der Waals surface area (Å²) in [6.07, 6.45) is 6.13. The van der Waals surface area contributed by atoms with E-state index < -0.39 is 5.97 Å². The summed E-state index contributed by atoms with van der Waals surface area (Å²) in [5.41, 5.74) is 2.10. The summed E-state index contributed by atoms with van der Waals surface area (Å²) in [7, 11) is 0. The van der Waals surface area contributed by atoms with E-state index in [-0.39, 0.29) is 0 Å². The van der Waals surface area contributed by atoms with Gasteiger partial charge in [0.25, 0.3) is 0 Å². The number of hydrogen-bond donors (Lipinski definition) is 1. The van der Waals surface area contributed by atoms with Crippen molar-refractivity contribution in [1.82, 2.24) is 4.98 Å². The fraction of sp³-hybridized carbons (Fsp3) is 0.571. The molecular weight excluding hydrogens is 214 g/mol. The van der Waals surface area contributed by atoms with Crippen LogP contribution in [0, 0.1) is 0 Å². The van der Waals surface area contributed by atoms with Crippen molar-refractivity contribution < 1.29 is 9.90 Å². The summed E-state index contributed by atoms with van der Waals surface area (Å²) in [4.78, 5) is 15.5. The Morgan fingerprint density at radius 1 is 1.18 bits per heavy atom. The van der Waals surface area contributed by atoms with Gasteiger partial charge in [0.05, 0.1) is 11.3 Å². The topological polar surface area (TPSA) is 50.2 Å². The lowest BCUT2D eigenvalue weighted by Crippen LogP contribution is -2.07. The van der Waals surface area contributed by atoms with E-state index >= 15 is 0 Å². The maximum Gasteiger partial charge on any atom is 0.337 e. The third-order valence-electron chi connectivity index (χ3n) is 2.79. The van der Waals surface area contributed by atoms with E-state index in [9.17, 15) is 4.79 Å². The molecule has 0 amide bonds. The third kappa shape index (κ3) is 4.17. The van der Waals surface area contributed by atoms with Gasteiger partial charge in [-0.1, -0.05) is 33.1 Å². The predicted octanol–water partition coefficient (Wildman–Crippen LogP) is 3.47. The Hall–Kier alpha value is -1.38. The van der Waals surface area contributed by atoms with E-state index in [4.69, 9.17) is 5.11 Å². The summed E-state index contributed by atoms with van der Waals surface area (Å²) in [6, 6.07) is 3.54. The normalized spacial score (nSPS) is 10.5. The molecule has 3 nitrogen and oxygen atoms in total. The summed E-state index contributed by atoms with van der Waals surface area (Å²) in [5.74, 6) is -0.874. The largest absolute Gasteiger partial charge is 0.478 e. The van der Waals surface area contributed by atoms with E-state index in [1.807, 2.05) is 13.0 Å². The van der Waals surface area contributed by atoms with E-state index in [1.54, 1.807) is 6.07 Å². The van der Waals surface area contributed by atoms with Crippen LogP contribution in [0.1, 0.15) is 61.3 Å². The number of aromatic carboxylic acids is 1. The first kappa shape index (κ1) is 13.7. The van der Waals surface area contributed by atoms with Crippen LogP contribution in [0.2, 0.25) is 0 Å². The molecule has 1 heterocycles. The van der Waals surface area contributed by atoms with Gasteiger partial charge >= 0.3 is 5.97 Å². The predicted molar refractivity (Wildman–Crippen MR) is 68.4 cm³/mol. The van der Waals surface area contributed by atoms with Gasteiger partial charge in [0, 0.05) is 5.69 Å². The first-order valence-electron chi connectivity index (χ1n) is 6.41. The highest BCUT2D eigenvalue weighted by Crippen LogP contribution is 2.12. The molecule has 0 aliphatic heterocycles. The molecule has 0 fully saturated rings. The zero-order valence-electron chi connectivity index (χ0n) is 10.7. The molecule has 1 rings (SSSR count). The van der Waals surface area contributed by atoms with E-state index in [0.29, 0.717) is 5.56 Å². The minimum Gasteiger partial charge on any atom is -0.478 e. The summed E-state index contributed by atoms with van der Waals surface area (Å²) < 4.78 is 0. The molecule has 0 aliphatic carbocycles. The average molecular weight is 235 g/mol. The number of aromatic nitrogens is 1. The lowest BCUT2D eigenvalue weighted by molar-refractivity contribution is 0.0695. The molecule has 0 aromatic carbocycles. The fourth-order valence-electron chi connectivity index (χ4n) is 1.86. The van der Waals surface area contributed by atoms with Gasteiger partial charge in [0.15, 0.2) is 0 Å². The molecule has 3 heteroatoms. The van der Waals surface area contributed by atoms with Crippen molar-refractivity contribution in [3.63, 3.8) is 0 Å². The molecule has 0 radical (unpaired) electrons. The van der Waals surface area contributed by atoms with E-state index in [0.717, 1.165) is 37.1 Å². The molecule has 0 aliphatic rings. The van der Waals surface area contributed by atoms with Gasteiger partial charge in [-0.25, -0.2) is 4.79 Å². The van der Waals surface area contributed by atoms with Crippen molar-refractivity contribution in [1.29, 1.82) is 0 Å². The number of unbranched alkanes of at least 4 members (excludes halogenated alkanes) is 2. The Balaban J connectivity index is 2.81. The second-order valence-electron chi connectivity index (χ2n) is 4.31. The number of nitrogens with zero attached hydrogens (tertiary/aromatic N) is 1. The standard InChI is InChI=1S/C14H21NO2/c1-3-5-6-8-11-9-10-12(14(16)17)13(15-11)7-4-2/h9-10H,3-8H2,1-2H3,(H,16,17). The van der Waals surface area contributed by atoms with Crippen LogP contribution in [-0.2, 0) is 12.8 Å². The number of pyridine rings is 1. The number of aryl methyl sites for hydroxylation is 2. The van der Waals surface area contributed by atoms with Crippen molar-refractivity contribution in [2.24, 2.45) is 0 Å². The SMILES string of the molecule is CCCCCc1ccc(C(=O)O)c(CCC)n1. The van der Waals surface area contributed by atoms with E-state index in [1.165, 1.54) is 12.8 Å². The molecule has 0 saturated heterocycles. The molecule has 0 saturated carbocycles. The minimum absolute atomic E-state index is 0.353. The molecule has 0 spiro atoms. The lowest BCUT2D eigenvalue weighted by atomic mass is 10.1. The Bertz CT molecular complexity index is 374. The van der Waals surface area contributed by atoms with Gasteiger partial charge in [-0.05, 0) is 31.4 Å². The zero-order valence-corrected chi connectivity index (χ0v) is 10.7. The first-order chi connectivity index (χ1) is 8.19. The lowest BCUT2D eigenvalue weighted by Gasteiger charge is -2.07. The van der Waals surface area contributed by atoms with Crippen LogP contribution in [0.3, 0.4) is 0 Å². The summed E-state index contributed by atoms with van der Waals surface area (Å²) >= 11 is 0. The number of carboxylic acid groups (broad SMARTS) is 1. The number of carboxylic acids is 1. The number of rotatable bonds is 7. The van der Waals surface area contributed by atoms with Crippen LogP contribution < -0.4 is 0 Å². The van der Waals surface area contributed by atoms with Crippen LogP contribution >= 0.6 is 0 Å². The van der Waals surface area contributed by atoms with Gasteiger partial charge < -0.3 is 5.11 Å². The molecule has 1 aromatic heterocycles. The van der Waals surface area contributed by atoms with Crippen molar-refractivity contribution in [2.45, 2.75) is 52.4 Å². The summed E-state index contributed by atoms with van der Waals surface area (Å²) in [6.45, 7) is 4.21. The summed E-state index contributed by atoms with van der Waals surface area (Å²) in [5, 5.41) is 9.06. The minimum atomic E-state index is -0.874. The van der Waals surface area contributed by atoms with E-state index in [2.05, 4.69) is 11.9 Å². The monoisotopic (exact) mass is 235 g/mol. The van der Waals surface area contributed by atoms with Gasteiger partial charge in [-0.2, -0.15) is 0 Å². The maximum atomic E-state index is 11.0. The zero-order chi connectivity index (χ0) is 12.7. The molecule has 1 aromatic rings. The number of carbonyl (C=O) groups is 1. The first-order valence-corrected chi connectivity index (χ1v) is 6.41. The molecule has 1 N–H and O–H groups in total. The second kappa shape index (κ2) is 7.05. The second-order valence-corrected chi connectivity index (χ2v) is 4.31. The van der Waals surface area contributed by atoms with Gasteiger partial charge in [0.2, 0.25) is 0 Å². The van der Waals surface area contributed by atoms with Gasteiger partial charge in [-0.3, -0.25) is 4.98 Å². The van der Waals surface area contributed by atoms with Crippen molar-refractivity contribution in [3.05, 3.63) is 29.1 Å². The molecule has 17 heavy (non-hydrogen) atoms. The Morgan fingerprint density at radius 2 is 1.94 bits per heavy atom. The Kier molecular flexibility index (Phi) is 5.67. The highest BCUT2D eigenvalue weighted by Gasteiger charge is 2.11. The molecule has 0 atom stereocenters. The number of hydrogen-bond acceptors (Lipinski definition) is 2. The highest BCUT2D eigenvalue weighted by atomic mass is 16.4.